The second-order valence-corrected chi connectivity index (χ2v) is 5.76. The Labute approximate surface area is 130 Å². The number of carbonyl (C=O) groups is 2. The molecule has 2 N–H and O–H groups in total. The molecule has 0 bridgehead atoms. The van der Waals surface area contributed by atoms with Crippen LogP contribution < -0.4 is 4.74 Å². The number of likely N-dealkylation sites (tertiary alicyclic amines) is 1. The number of ether oxygens (including phenoxy) is 1. The molecule has 1 fully saturated rings. The number of halogens is 1. The van der Waals surface area contributed by atoms with E-state index in [1.807, 2.05) is 12.1 Å². The van der Waals surface area contributed by atoms with E-state index in [0.717, 1.165) is 4.47 Å². The number of hydrogen-bond donors (Lipinski definition) is 2. The molecule has 1 amide bonds. The number of β-amino-alcohol motifs (C(OH)–C–C–N with tert-alkyl or cyclic N) is 1. The summed E-state index contributed by atoms with van der Waals surface area (Å²) in [6.07, 6.45) is -0.622. The summed E-state index contributed by atoms with van der Waals surface area (Å²) in [7, 11) is 0. The van der Waals surface area contributed by atoms with Gasteiger partial charge in [0.1, 0.15) is 11.8 Å². The van der Waals surface area contributed by atoms with Gasteiger partial charge in [0, 0.05) is 17.4 Å². The van der Waals surface area contributed by atoms with Crippen molar-refractivity contribution >= 4 is 27.8 Å². The third-order valence-electron chi connectivity index (χ3n) is 3.28. The van der Waals surface area contributed by atoms with Crippen LogP contribution in [0.15, 0.2) is 28.7 Å². The summed E-state index contributed by atoms with van der Waals surface area (Å²) in [5.41, 5.74) is 0. The molecule has 21 heavy (non-hydrogen) atoms. The largest absolute Gasteiger partial charge is 0.493 e. The second-order valence-electron chi connectivity index (χ2n) is 4.84. The number of aliphatic carboxylic acids is 1. The smallest absolute Gasteiger partial charge is 0.326 e. The van der Waals surface area contributed by atoms with Crippen molar-refractivity contribution in [2.75, 3.05) is 13.2 Å². The molecule has 2 rings (SSSR count). The van der Waals surface area contributed by atoms with Crippen molar-refractivity contribution < 1.29 is 24.5 Å². The first-order valence-corrected chi connectivity index (χ1v) is 7.35. The number of carboxylic acids is 1. The van der Waals surface area contributed by atoms with E-state index in [0.29, 0.717) is 5.75 Å². The SMILES string of the molecule is O=C(O)C1CC(O)CN1C(=O)CCOc1ccc(Br)cc1. The van der Waals surface area contributed by atoms with E-state index in [4.69, 9.17) is 9.84 Å². The van der Waals surface area contributed by atoms with Gasteiger partial charge < -0.3 is 19.8 Å². The van der Waals surface area contributed by atoms with Crippen molar-refractivity contribution in [2.24, 2.45) is 0 Å². The van der Waals surface area contributed by atoms with Crippen LogP contribution >= 0.6 is 15.9 Å². The molecule has 1 aromatic rings. The number of carbonyl (C=O) groups excluding carboxylic acids is 1. The highest BCUT2D eigenvalue weighted by molar-refractivity contribution is 9.10. The van der Waals surface area contributed by atoms with Crippen LogP contribution in [0.3, 0.4) is 0 Å². The maximum atomic E-state index is 12.0. The predicted octanol–water partition coefficient (Wildman–Crippen LogP) is 1.26. The highest BCUT2D eigenvalue weighted by atomic mass is 79.9. The van der Waals surface area contributed by atoms with Gasteiger partial charge in [0.05, 0.1) is 19.1 Å². The highest BCUT2D eigenvalue weighted by Crippen LogP contribution is 2.20. The van der Waals surface area contributed by atoms with E-state index >= 15 is 0 Å². The van der Waals surface area contributed by atoms with Gasteiger partial charge in [-0.2, -0.15) is 0 Å². The first kappa shape index (κ1) is 15.8. The maximum absolute atomic E-state index is 12.0. The van der Waals surface area contributed by atoms with Crippen LogP contribution in [0.1, 0.15) is 12.8 Å². The predicted molar refractivity (Wildman–Crippen MR) is 78.0 cm³/mol. The summed E-state index contributed by atoms with van der Waals surface area (Å²) < 4.78 is 6.37. The Kier molecular flexibility index (Phi) is 5.19. The lowest BCUT2D eigenvalue weighted by molar-refractivity contribution is -0.148. The Bertz CT molecular complexity index is 519. The van der Waals surface area contributed by atoms with Crippen LogP contribution in [0.2, 0.25) is 0 Å². The van der Waals surface area contributed by atoms with Gasteiger partial charge in [-0.1, -0.05) is 15.9 Å². The van der Waals surface area contributed by atoms with Crippen LogP contribution in [0.25, 0.3) is 0 Å². The topological polar surface area (TPSA) is 87.1 Å². The zero-order valence-corrected chi connectivity index (χ0v) is 12.8. The van der Waals surface area contributed by atoms with E-state index in [9.17, 15) is 14.7 Å². The van der Waals surface area contributed by atoms with E-state index in [1.54, 1.807) is 12.1 Å². The molecule has 1 aromatic carbocycles. The number of aliphatic hydroxyl groups excluding tert-OH is 1. The van der Waals surface area contributed by atoms with Crippen molar-refractivity contribution in [1.82, 2.24) is 4.90 Å². The third kappa shape index (κ3) is 4.18. The maximum Gasteiger partial charge on any atom is 0.326 e. The zero-order chi connectivity index (χ0) is 15.4. The molecule has 2 atom stereocenters. The normalized spacial score (nSPS) is 21.3. The average Bonchev–Trinajstić information content (AvgIpc) is 2.83. The molecule has 0 radical (unpaired) electrons. The summed E-state index contributed by atoms with van der Waals surface area (Å²) in [5.74, 6) is -0.771. The van der Waals surface area contributed by atoms with Crippen LogP contribution in [0.5, 0.6) is 5.75 Å². The minimum Gasteiger partial charge on any atom is -0.493 e. The van der Waals surface area contributed by atoms with Gasteiger partial charge in [0.15, 0.2) is 0 Å². The van der Waals surface area contributed by atoms with Crippen molar-refractivity contribution in [3.63, 3.8) is 0 Å². The summed E-state index contributed by atoms with van der Waals surface area (Å²) >= 11 is 3.31. The number of carboxylic acid groups (broad SMARTS) is 1. The Morgan fingerprint density at radius 2 is 2.00 bits per heavy atom. The van der Waals surface area contributed by atoms with Crippen molar-refractivity contribution in [2.45, 2.75) is 25.0 Å². The van der Waals surface area contributed by atoms with Crippen molar-refractivity contribution in [3.8, 4) is 5.75 Å². The zero-order valence-electron chi connectivity index (χ0n) is 11.2. The van der Waals surface area contributed by atoms with Crippen LogP contribution in [0, 0.1) is 0 Å². The molecule has 0 spiro atoms. The standard InChI is InChI=1S/C14H16BrNO5/c15-9-1-3-11(4-2-9)21-6-5-13(18)16-8-10(17)7-12(16)14(19)20/h1-4,10,12,17H,5-8H2,(H,19,20). The van der Waals surface area contributed by atoms with Gasteiger partial charge in [-0.05, 0) is 24.3 Å². The second kappa shape index (κ2) is 6.91. The number of nitrogens with zero attached hydrogens (tertiary/aromatic N) is 1. The van der Waals surface area contributed by atoms with Crippen LogP contribution in [-0.2, 0) is 9.59 Å². The number of aliphatic hydroxyl groups is 1. The number of benzene rings is 1. The van der Waals surface area contributed by atoms with Crippen molar-refractivity contribution in [1.29, 1.82) is 0 Å². The van der Waals surface area contributed by atoms with Crippen LogP contribution in [0.4, 0.5) is 0 Å². The number of rotatable bonds is 5. The van der Waals surface area contributed by atoms with E-state index in [1.165, 1.54) is 4.90 Å². The molecule has 1 saturated heterocycles. The van der Waals surface area contributed by atoms with Gasteiger partial charge in [0.2, 0.25) is 5.91 Å². The average molecular weight is 358 g/mol. The minimum absolute atomic E-state index is 0.0636. The lowest BCUT2D eigenvalue weighted by Crippen LogP contribution is -2.41. The van der Waals surface area contributed by atoms with Gasteiger partial charge >= 0.3 is 5.97 Å². The molecule has 2 unspecified atom stereocenters. The van der Waals surface area contributed by atoms with Crippen LogP contribution in [-0.4, -0.2) is 52.3 Å². The fourth-order valence-corrected chi connectivity index (χ4v) is 2.52. The fraction of sp³-hybridized carbons (Fsp3) is 0.429. The molecule has 1 heterocycles. The molecule has 1 aliphatic heterocycles. The first-order valence-electron chi connectivity index (χ1n) is 6.56. The fourth-order valence-electron chi connectivity index (χ4n) is 2.25. The molecule has 0 aliphatic carbocycles. The summed E-state index contributed by atoms with van der Waals surface area (Å²) in [4.78, 5) is 24.3. The molecule has 0 aromatic heterocycles. The summed E-state index contributed by atoms with van der Waals surface area (Å²) in [6, 6.07) is 6.26. The van der Waals surface area contributed by atoms with E-state index < -0.39 is 18.1 Å². The minimum atomic E-state index is -1.09. The van der Waals surface area contributed by atoms with E-state index in [2.05, 4.69) is 15.9 Å². The summed E-state index contributed by atoms with van der Waals surface area (Å²) in [5, 5.41) is 18.5. The highest BCUT2D eigenvalue weighted by Gasteiger charge is 2.38. The van der Waals surface area contributed by atoms with Gasteiger partial charge in [-0.3, -0.25) is 4.79 Å². The molecule has 114 valence electrons. The molecular formula is C14H16BrNO5. The molecular weight excluding hydrogens is 342 g/mol. The molecule has 7 heteroatoms. The lowest BCUT2D eigenvalue weighted by Gasteiger charge is -2.21. The number of amides is 1. The Morgan fingerprint density at radius 1 is 1.33 bits per heavy atom. The first-order chi connectivity index (χ1) is 9.97. The molecule has 6 nitrogen and oxygen atoms in total. The summed E-state index contributed by atoms with van der Waals surface area (Å²) in [6.45, 7) is 0.230. The Morgan fingerprint density at radius 3 is 2.62 bits per heavy atom. The third-order valence-corrected chi connectivity index (χ3v) is 3.81. The molecule has 0 saturated carbocycles. The number of hydrogen-bond acceptors (Lipinski definition) is 4. The monoisotopic (exact) mass is 357 g/mol. The lowest BCUT2D eigenvalue weighted by atomic mass is 10.2. The molecule has 1 aliphatic rings. The quantitative estimate of drug-likeness (QED) is 0.828. The van der Waals surface area contributed by atoms with Crippen molar-refractivity contribution in [3.05, 3.63) is 28.7 Å². The Hall–Kier alpha value is -1.60. The van der Waals surface area contributed by atoms with Gasteiger partial charge in [0.25, 0.3) is 0 Å². The van der Waals surface area contributed by atoms with Gasteiger partial charge in [-0.25, -0.2) is 4.79 Å². The van der Waals surface area contributed by atoms with Gasteiger partial charge in [-0.15, -0.1) is 0 Å². The Balaban J connectivity index is 1.84. The van der Waals surface area contributed by atoms with E-state index in [-0.39, 0.29) is 31.9 Å².